The third-order valence-electron chi connectivity index (χ3n) is 2.95. The Bertz CT molecular complexity index is 821. The predicted molar refractivity (Wildman–Crippen MR) is 80.9 cm³/mol. The summed E-state index contributed by atoms with van der Waals surface area (Å²) in [6, 6.07) is 7.33. The number of nitro groups is 2. The number of halogens is 1. The Morgan fingerprint density at radius 1 is 1.04 bits per heavy atom. The Morgan fingerprint density at radius 3 is 2.26 bits per heavy atom. The van der Waals surface area contributed by atoms with Gasteiger partial charge < -0.3 is 4.74 Å². The first-order valence-electron chi connectivity index (χ1n) is 6.20. The van der Waals surface area contributed by atoms with Crippen molar-refractivity contribution in [2.75, 3.05) is 0 Å². The van der Waals surface area contributed by atoms with Crippen molar-refractivity contribution < 1.29 is 19.4 Å². The molecule has 0 aromatic heterocycles. The van der Waals surface area contributed by atoms with Gasteiger partial charge in [-0.3, -0.25) is 20.2 Å². The van der Waals surface area contributed by atoms with Crippen molar-refractivity contribution >= 4 is 28.9 Å². The summed E-state index contributed by atoms with van der Waals surface area (Å²) >= 11 is 5.67. The van der Waals surface area contributed by atoms with Crippen LogP contribution in [0.4, 0.5) is 11.4 Å². The summed E-state index contributed by atoms with van der Waals surface area (Å²) in [5, 5.41) is 21.4. The second-order valence-corrected chi connectivity index (χ2v) is 4.93. The second kappa shape index (κ2) is 6.41. The molecule has 23 heavy (non-hydrogen) atoms. The highest BCUT2D eigenvalue weighted by atomic mass is 35.5. The Labute approximate surface area is 134 Å². The van der Waals surface area contributed by atoms with Gasteiger partial charge in [-0.15, -0.1) is 0 Å². The van der Waals surface area contributed by atoms with E-state index in [9.17, 15) is 25.0 Å². The zero-order chi connectivity index (χ0) is 17.1. The number of aryl methyl sites for hydroxylation is 1. The van der Waals surface area contributed by atoms with Crippen LogP contribution in [0.15, 0.2) is 36.4 Å². The van der Waals surface area contributed by atoms with Gasteiger partial charge in [0.2, 0.25) is 0 Å². The molecule has 0 saturated heterocycles. The molecule has 0 radical (unpaired) electrons. The van der Waals surface area contributed by atoms with Crippen molar-refractivity contribution in [3.05, 3.63) is 72.8 Å². The maximum Gasteiger partial charge on any atom is 0.343 e. The maximum atomic E-state index is 12.0. The summed E-state index contributed by atoms with van der Waals surface area (Å²) in [4.78, 5) is 32.3. The van der Waals surface area contributed by atoms with Gasteiger partial charge in [-0.05, 0) is 31.2 Å². The van der Waals surface area contributed by atoms with E-state index >= 15 is 0 Å². The van der Waals surface area contributed by atoms with Crippen LogP contribution in [0.5, 0.6) is 5.75 Å². The quantitative estimate of drug-likeness (QED) is 0.364. The van der Waals surface area contributed by atoms with Gasteiger partial charge in [-0.25, -0.2) is 4.79 Å². The third kappa shape index (κ3) is 3.61. The molecule has 0 unspecified atom stereocenters. The van der Waals surface area contributed by atoms with Gasteiger partial charge in [0, 0.05) is 17.7 Å². The average molecular weight is 337 g/mol. The summed E-state index contributed by atoms with van der Waals surface area (Å²) in [6.45, 7) is 1.50. The highest BCUT2D eigenvalue weighted by Gasteiger charge is 2.18. The van der Waals surface area contributed by atoms with E-state index in [0.29, 0.717) is 5.56 Å². The first-order chi connectivity index (χ1) is 10.8. The summed E-state index contributed by atoms with van der Waals surface area (Å²) in [7, 11) is 0. The van der Waals surface area contributed by atoms with Crippen LogP contribution in [-0.2, 0) is 0 Å². The molecular weight excluding hydrogens is 328 g/mol. The lowest BCUT2D eigenvalue weighted by Crippen LogP contribution is -2.09. The van der Waals surface area contributed by atoms with Crippen molar-refractivity contribution in [2.45, 2.75) is 6.92 Å². The minimum absolute atomic E-state index is 0.0582. The van der Waals surface area contributed by atoms with Crippen molar-refractivity contribution in [3.63, 3.8) is 0 Å². The molecule has 8 nitrogen and oxygen atoms in total. The van der Waals surface area contributed by atoms with Crippen molar-refractivity contribution in [2.24, 2.45) is 0 Å². The zero-order valence-electron chi connectivity index (χ0n) is 11.7. The Morgan fingerprint density at radius 2 is 1.70 bits per heavy atom. The molecule has 0 saturated carbocycles. The fourth-order valence-electron chi connectivity index (χ4n) is 1.84. The molecule has 0 spiro atoms. The van der Waals surface area contributed by atoms with Gasteiger partial charge in [0.25, 0.3) is 11.4 Å². The minimum atomic E-state index is -0.835. The summed E-state index contributed by atoms with van der Waals surface area (Å²) < 4.78 is 5.06. The van der Waals surface area contributed by atoms with E-state index in [4.69, 9.17) is 16.3 Å². The van der Waals surface area contributed by atoms with Gasteiger partial charge in [-0.1, -0.05) is 11.6 Å². The second-order valence-electron chi connectivity index (χ2n) is 4.52. The van der Waals surface area contributed by atoms with Gasteiger partial charge in [-0.2, -0.15) is 0 Å². The lowest BCUT2D eigenvalue weighted by Gasteiger charge is -2.06. The molecule has 0 amide bonds. The first kappa shape index (κ1) is 16.4. The molecule has 2 aromatic carbocycles. The fourth-order valence-corrected chi connectivity index (χ4v) is 2.03. The van der Waals surface area contributed by atoms with Crippen LogP contribution < -0.4 is 4.74 Å². The summed E-state index contributed by atoms with van der Waals surface area (Å²) in [5.74, 6) is -0.742. The third-order valence-corrected chi connectivity index (χ3v) is 3.27. The first-order valence-corrected chi connectivity index (χ1v) is 6.58. The number of hydrogen-bond acceptors (Lipinski definition) is 6. The van der Waals surface area contributed by atoms with E-state index in [-0.39, 0.29) is 22.0 Å². The highest BCUT2D eigenvalue weighted by molar-refractivity contribution is 6.32. The van der Waals surface area contributed by atoms with Crippen LogP contribution >= 0.6 is 11.6 Å². The van der Waals surface area contributed by atoms with E-state index in [2.05, 4.69) is 0 Å². The molecule has 9 heteroatoms. The van der Waals surface area contributed by atoms with Crippen LogP contribution in [0.25, 0.3) is 0 Å². The highest BCUT2D eigenvalue weighted by Crippen LogP contribution is 2.27. The van der Waals surface area contributed by atoms with Gasteiger partial charge in [0.15, 0.2) is 0 Å². The number of carbonyl (C=O) groups excluding carboxylic acids is 1. The van der Waals surface area contributed by atoms with Gasteiger partial charge >= 0.3 is 5.97 Å². The van der Waals surface area contributed by atoms with Crippen LogP contribution in [0.2, 0.25) is 5.02 Å². The number of nitro benzene ring substituents is 2. The van der Waals surface area contributed by atoms with Crippen molar-refractivity contribution in [3.8, 4) is 5.75 Å². The monoisotopic (exact) mass is 336 g/mol. The van der Waals surface area contributed by atoms with Crippen LogP contribution in [0.3, 0.4) is 0 Å². The lowest BCUT2D eigenvalue weighted by atomic mass is 10.2. The van der Waals surface area contributed by atoms with E-state index in [1.807, 2.05) is 0 Å². The van der Waals surface area contributed by atoms with E-state index in [1.54, 1.807) is 0 Å². The zero-order valence-corrected chi connectivity index (χ0v) is 12.4. The normalized spacial score (nSPS) is 10.2. The molecule has 0 bridgehead atoms. The molecule has 0 aliphatic carbocycles. The number of carbonyl (C=O) groups is 1. The van der Waals surface area contributed by atoms with Gasteiger partial charge in [0.05, 0.1) is 15.4 Å². The van der Waals surface area contributed by atoms with Crippen molar-refractivity contribution in [1.29, 1.82) is 0 Å². The topological polar surface area (TPSA) is 113 Å². The Hall–Kier alpha value is -3.00. The van der Waals surface area contributed by atoms with E-state index in [0.717, 1.165) is 6.07 Å². The van der Waals surface area contributed by atoms with E-state index in [1.165, 1.54) is 37.3 Å². The number of ether oxygens (including phenoxy) is 1. The molecule has 2 aromatic rings. The number of hydrogen-bond donors (Lipinski definition) is 0. The Kier molecular flexibility index (Phi) is 4.56. The van der Waals surface area contributed by atoms with Crippen LogP contribution in [0, 0.1) is 27.2 Å². The minimum Gasteiger partial charge on any atom is -0.423 e. The smallest absolute Gasteiger partial charge is 0.343 e. The standard InChI is InChI=1S/C14H9ClN2O6/c1-8-6-10(3-5-12(8)16(19)20)23-14(18)9-2-4-11(15)13(7-9)17(21)22/h2-7H,1H3. The summed E-state index contributed by atoms with van der Waals surface area (Å²) in [6.07, 6.45) is 0. The molecule has 2 rings (SSSR count). The molecule has 0 aliphatic rings. The molecule has 0 heterocycles. The number of nitrogens with zero attached hydrogens (tertiary/aromatic N) is 2. The number of benzene rings is 2. The molecule has 0 fully saturated rings. The largest absolute Gasteiger partial charge is 0.423 e. The van der Waals surface area contributed by atoms with Gasteiger partial charge in [0.1, 0.15) is 10.8 Å². The van der Waals surface area contributed by atoms with Crippen LogP contribution in [-0.4, -0.2) is 15.8 Å². The molecule has 0 atom stereocenters. The maximum absolute atomic E-state index is 12.0. The average Bonchev–Trinajstić information content (AvgIpc) is 2.46. The predicted octanol–water partition coefficient (Wildman–Crippen LogP) is 3.68. The number of esters is 1. The molecule has 0 N–H and O–H groups in total. The SMILES string of the molecule is Cc1cc(OC(=O)c2ccc(Cl)c([N+](=O)[O-])c2)ccc1[N+](=O)[O-]. The number of rotatable bonds is 4. The molecular formula is C14H9ClN2O6. The Balaban J connectivity index is 2.26. The van der Waals surface area contributed by atoms with Crippen molar-refractivity contribution in [1.82, 2.24) is 0 Å². The molecule has 0 aliphatic heterocycles. The van der Waals surface area contributed by atoms with E-state index < -0.39 is 21.5 Å². The molecule has 118 valence electrons. The van der Waals surface area contributed by atoms with Crippen LogP contribution in [0.1, 0.15) is 15.9 Å². The lowest BCUT2D eigenvalue weighted by molar-refractivity contribution is -0.385. The fraction of sp³-hybridized carbons (Fsp3) is 0.0714. The summed E-state index contributed by atoms with van der Waals surface area (Å²) in [5.41, 5.74) is -0.257.